The van der Waals surface area contributed by atoms with Crippen LogP contribution < -0.4 is 10.2 Å². The molecular weight excluding hydrogens is 447 g/mol. The lowest BCUT2D eigenvalue weighted by Gasteiger charge is -2.37. The number of aromatic nitrogens is 3. The van der Waals surface area contributed by atoms with Crippen LogP contribution in [0.1, 0.15) is 25.6 Å². The van der Waals surface area contributed by atoms with Crippen molar-refractivity contribution in [2.45, 2.75) is 25.6 Å². The number of benzene rings is 1. The molecule has 4 rings (SSSR count). The standard InChI is InChI=1S/C23H26ClFN6S/c1-2-3-10-26-23(32)31-13-11-30(12-14-31)22-21-19(27-20(15-24)29-22)9-8-18(28-21)16-4-6-17(25)7-5-16/h4-9H,2-3,10-15H2,1H3,(H,26,32). The monoisotopic (exact) mass is 472 g/mol. The van der Waals surface area contributed by atoms with Crippen molar-refractivity contribution in [3.05, 3.63) is 48.0 Å². The summed E-state index contributed by atoms with van der Waals surface area (Å²) in [7, 11) is 0. The van der Waals surface area contributed by atoms with Gasteiger partial charge in [-0.25, -0.2) is 19.3 Å². The second-order valence-electron chi connectivity index (χ2n) is 7.73. The molecule has 1 fully saturated rings. The molecule has 168 valence electrons. The predicted octanol–water partition coefficient (Wildman–Crippen LogP) is 4.37. The molecule has 3 aromatic rings. The highest BCUT2D eigenvalue weighted by atomic mass is 35.5. The highest BCUT2D eigenvalue weighted by molar-refractivity contribution is 7.80. The zero-order valence-electron chi connectivity index (χ0n) is 18.0. The fourth-order valence-corrected chi connectivity index (χ4v) is 4.12. The van der Waals surface area contributed by atoms with Gasteiger partial charge in [-0.3, -0.25) is 0 Å². The number of hydrogen-bond donors (Lipinski definition) is 1. The summed E-state index contributed by atoms with van der Waals surface area (Å²) in [6.07, 6.45) is 2.25. The molecule has 0 atom stereocenters. The van der Waals surface area contributed by atoms with Gasteiger partial charge in [-0.1, -0.05) is 13.3 Å². The van der Waals surface area contributed by atoms with Crippen LogP contribution >= 0.6 is 23.8 Å². The Labute approximate surface area is 197 Å². The van der Waals surface area contributed by atoms with Crippen LogP contribution in [0.4, 0.5) is 10.2 Å². The Hall–Kier alpha value is -2.58. The maximum Gasteiger partial charge on any atom is 0.169 e. The van der Waals surface area contributed by atoms with Gasteiger partial charge in [0.2, 0.25) is 0 Å². The zero-order chi connectivity index (χ0) is 22.5. The summed E-state index contributed by atoms with van der Waals surface area (Å²) in [5.74, 6) is 1.31. The minimum Gasteiger partial charge on any atom is -0.363 e. The van der Waals surface area contributed by atoms with Crippen molar-refractivity contribution < 1.29 is 4.39 Å². The SMILES string of the molecule is CCCCNC(=S)N1CCN(c2nc(CCl)nc3ccc(-c4ccc(F)cc4)nc23)CC1. The van der Waals surface area contributed by atoms with Crippen molar-refractivity contribution in [3.63, 3.8) is 0 Å². The molecule has 3 heterocycles. The third-order valence-corrected chi connectivity index (χ3v) is 6.14. The molecule has 1 aliphatic heterocycles. The van der Waals surface area contributed by atoms with Crippen molar-refractivity contribution in [1.82, 2.24) is 25.2 Å². The molecule has 0 radical (unpaired) electrons. The summed E-state index contributed by atoms with van der Waals surface area (Å²) >= 11 is 11.6. The van der Waals surface area contributed by atoms with Crippen molar-refractivity contribution in [1.29, 1.82) is 0 Å². The Bertz CT molecular complexity index is 1090. The Balaban J connectivity index is 1.59. The second-order valence-corrected chi connectivity index (χ2v) is 8.38. The molecule has 0 unspecified atom stereocenters. The number of nitrogens with zero attached hydrogens (tertiary/aromatic N) is 5. The van der Waals surface area contributed by atoms with Crippen molar-refractivity contribution in [2.24, 2.45) is 0 Å². The highest BCUT2D eigenvalue weighted by Gasteiger charge is 2.23. The van der Waals surface area contributed by atoms with Crippen LogP contribution in [-0.4, -0.2) is 57.7 Å². The first kappa shape index (κ1) is 22.6. The maximum atomic E-state index is 13.3. The number of pyridine rings is 1. The van der Waals surface area contributed by atoms with Crippen LogP contribution in [0.5, 0.6) is 0 Å². The summed E-state index contributed by atoms with van der Waals surface area (Å²) < 4.78 is 13.3. The van der Waals surface area contributed by atoms with Gasteiger partial charge < -0.3 is 15.1 Å². The lowest BCUT2D eigenvalue weighted by atomic mass is 10.1. The molecule has 0 spiro atoms. The number of anilines is 1. The van der Waals surface area contributed by atoms with Gasteiger partial charge in [0, 0.05) is 38.3 Å². The van der Waals surface area contributed by atoms with E-state index in [1.807, 2.05) is 12.1 Å². The molecule has 0 amide bonds. The molecule has 2 aromatic heterocycles. The Kier molecular flexibility index (Phi) is 7.32. The first-order valence-corrected chi connectivity index (χ1v) is 11.8. The average Bonchev–Trinajstić information content (AvgIpc) is 2.83. The van der Waals surface area contributed by atoms with Crippen LogP contribution in [0, 0.1) is 5.82 Å². The minimum absolute atomic E-state index is 0.230. The largest absolute Gasteiger partial charge is 0.363 e. The van der Waals surface area contributed by atoms with Crippen LogP contribution in [0.25, 0.3) is 22.3 Å². The predicted molar refractivity (Wildman–Crippen MR) is 132 cm³/mol. The number of hydrogen-bond acceptors (Lipinski definition) is 5. The molecule has 0 aliphatic carbocycles. The third-order valence-electron chi connectivity index (χ3n) is 5.50. The van der Waals surface area contributed by atoms with Crippen LogP contribution in [0.2, 0.25) is 0 Å². The molecule has 6 nitrogen and oxygen atoms in total. The quantitative estimate of drug-likeness (QED) is 0.325. The van der Waals surface area contributed by atoms with Gasteiger partial charge in [0.1, 0.15) is 17.2 Å². The van der Waals surface area contributed by atoms with Crippen LogP contribution in [0.3, 0.4) is 0 Å². The molecule has 1 aromatic carbocycles. The van der Waals surface area contributed by atoms with Crippen LogP contribution in [-0.2, 0) is 5.88 Å². The maximum absolute atomic E-state index is 13.3. The highest BCUT2D eigenvalue weighted by Crippen LogP contribution is 2.27. The Morgan fingerprint density at radius 1 is 1.06 bits per heavy atom. The van der Waals surface area contributed by atoms with E-state index in [9.17, 15) is 4.39 Å². The van der Waals surface area contributed by atoms with Gasteiger partial charge in [0.15, 0.2) is 10.9 Å². The fraction of sp³-hybridized carbons (Fsp3) is 0.391. The number of halogens is 2. The minimum atomic E-state index is -0.273. The van der Waals surface area contributed by atoms with E-state index in [1.54, 1.807) is 12.1 Å². The van der Waals surface area contributed by atoms with E-state index in [4.69, 9.17) is 33.8 Å². The molecule has 1 saturated heterocycles. The van der Waals surface area contributed by atoms with Gasteiger partial charge in [-0.15, -0.1) is 11.6 Å². The normalized spacial score (nSPS) is 14.1. The number of fused-ring (bicyclic) bond motifs is 1. The summed E-state index contributed by atoms with van der Waals surface area (Å²) in [6.45, 7) is 6.22. The van der Waals surface area contributed by atoms with Gasteiger partial charge >= 0.3 is 0 Å². The molecule has 9 heteroatoms. The van der Waals surface area contributed by atoms with E-state index in [1.165, 1.54) is 12.1 Å². The lowest BCUT2D eigenvalue weighted by molar-refractivity contribution is 0.379. The molecule has 0 saturated carbocycles. The van der Waals surface area contributed by atoms with Crippen molar-refractivity contribution in [2.75, 3.05) is 37.6 Å². The molecule has 0 bridgehead atoms. The van der Waals surface area contributed by atoms with Crippen LogP contribution in [0.15, 0.2) is 36.4 Å². The summed E-state index contributed by atoms with van der Waals surface area (Å²) in [6, 6.07) is 10.1. The molecule has 1 N–H and O–H groups in total. The van der Waals surface area contributed by atoms with Gasteiger partial charge in [0.05, 0.1) is 17.1 Å². The van der Waals surface area contributed by atoms with Crippen molar-refractivity contribution >= 4 is 45.8 Å². The van der Waals surface area contributed by atoms with E-state index in [0.29, 0.717) is 5.82 Å². The van der Waals surface area contributed by atoms with E-state index >= 15 is 0 Å². The smallest absolute Gasteiger partial charge is 0.169 e. The fourth-order valence-electron chi connectivity index (χ4n) is 3.71. The van der Waals surface area contributed by atoms with E-state index in [-0.39, 0.29) is 11.7 Å². The first-order valence-electron chi connectivity index (χ1n) is 10.9. The number of alkyl halides is 1. The lowest BCUT2D eigenvalue weighted by Crippen LogP contribution is -2.52. The number of thiocarbonyl (C=S) groups is 1. The molecular formula is C23H26ClFN6S. The molecule has 1 aliphatic rings. The summed E-state index contributed by atoms with van der Waals surface area (Å²) in [5.41, 5.74) is 3.06. The number of piperazine rings is 1. The van der Waals surface area contributed by atoms with Crippen molar-refractivity contribution in [3.8, 4) is 11.3 Å². The molecule has 32 heavy (non-hydrogen) atoms. The van der Waals surface area contributed by atoms with E-state index in [2.05, 4.69) is 27.0 Å². The Morgan fingerprint density at radius 3 is 2.50 bits per heavy atom. The number of unbranched alkanes of at least 4 members (excludes halogenated alkanes) is 1. The zero-order valence-corrected chi connectivity index (χ0v) is 19.6. The number of nitrogens with one attached hydrogen (secondary N) is 1. The first-order chi connectivity index (χ1) is 15.6. The van der Waals surface area contributed by atoms with Gasteiger partial charge in [0.25, 0.3) is 0 Å². The summed E-state index contributed by atoms with van der Waals surface area (Å²) in [4.78, 5) is 18.5. The number of rotatable bonds is 6. The summed E-state index contributed by atoms with van der Waals surface area (Å²) in [5, 5.41) is 4.15. The van der Waals surface area contributed by atoms with E-state index < -0.39 is 0 Å². The van der Waals surface area contributed by atoms with Gasteiger partial charge in [-0.05, 0) is 55.0 Å². The second kappa shape index (κ2) is 10.4. The average molecular weight is 473 g/mol. The third kappa shape index (κ3) is 5.07. The Morgan fingerprint density at radius 2 is 1.81 bits per heavy atom. The van der Waals surface area contributed by atoms with Gasteiger partial charge in [-0.2, -0.15) is 0 Å². The topological polar surface area (TPSA) is 57.2 Å². The van der Waals surface area contributed by atoms with E-state index in [0.717, 1.165) is 78.8 Å².